The molecule has 0 amide bonds. The number of hydrogen-bond acceptors (Lipinski definition) is 3. The largest absolute Gasteiger partial charge is 0.481 e. The van der Waals surface area contributed by atoms with Crippen LogP contribution >= 0.6 is 12.4 Å². The summed E-state index contributed by atoms with van der Waals surface area (Å²) in [5, 5.41) is 17.7. The van der Waals surface area contributed by atoms with Gasteiger partial charge in [0, 0.05) is 6.54 Å². The highest BCUT2D eigenvalue weighted by atomic mass is 35.5. The molecule has 0 bridgehead atoms. The Kier molecular flexibility index (Phi) is 5.98. The summed E-state index contributed by atoms with van der Waals surface area (Å²) in [5.74, 6) is -1.84. The minimum Gasteiger partial charge on any atom is -0.481 e. The molecule has 0 atom stereocenters. The smallest absolute Gasteiger partial charge is 0.335 e. The van der Waals surface area contributed by atoms with Gasteiger partial charge in [0.15, 0.2) is 0 Å². The molecule has 0 spiro atoms. The van der Waals surface area contributed by atoms with Crippen LogP contribution in [0.3, 0.4) is 0 Å². The van der Waals surface area contributed by atoms with E-state index in [1.54, 1.807) is 12.1 Å². The van der Waals surface area contributed by atoms with Crippen LogP contribution in [0.2, 0.25) is 0 Å². The van der Waals surface area contributed by atoms with Gasteiger partial charge in [-0.05, 0) is 43.6 Å². The number of carbonyl (C=O) groups is 2. The first-order valence-electron chi connectivity index (χ1n) is 6.33. The molecular formula is C14H18ClNO4. The number of piperidine rings is 1. The first-order valence-corrected chi connectivity index (χ1v) is 6.33. The highest BCUT2D eigenvalue weighted by Crippen LogP contribution is 2.19. The van der Waals surface area contributed by atoms with Crippen LogP contribution in [0.15, 0.2) is 24.3 Å². The lowest BCUT2D eigenvalue weighted by Gasteiger charge is -2.30. The van der Waals surface area contributed by atoms with Crippen LogP contribution in [-0.2, 0) is 11.3 Å². The lowest BCUT2D eigenvalue weighted by Crippen LogP contribution is -2.35. The van der Waals surface area contributed by atoms with Crippen molar-refractivity contribution in [2.75, 3.05) is 13.1 Å². The molecule has 0 radical (unpaired) electrons. The van der Waals surface area contributed by atoms with Crippen LogP contribution in [0.5, 0.6) is 0 Å². The van der Waals surface area contributed by atoms with E-state index in [-0.39, 0.29) is 23.9 Å². The first-order chi connectivity index (χ1) is 9.06. The molecule has 0 saturated carbocycles. The molecule has 1 fully saturated rings. The maximum atomic E-state index is 10.8. The molecule has 1 aliphatic rings. The second-order valence-corrected chi connectivity index (χ2v) is 4.89. The fraction of sp³-hybridized carbons (Fsp3) is 0.429. The van der Waals surface area contributed by atoms with Gasteiger partial charge in [-0.3, -0.25) is 9.69 Å². The van der Waals surface area contributed by atoms with Crippen LogP contribution in [0.1, 0.15) is 28.8 Å². The minimum atomic E-state index is -0.922. The van der Waals surface area contributed by atoms with Crippen molar-refractivity contribution in [1.82, 2.24) is 4.90 Å². The van der Waals surface area contributed by atoms with E-state index < -0.39 is 11.9 Å². The van der Waals surface area contributed by atoms with Gasteiger partial charge < -0.3 is 10.2 Å². The Labute approximate surface area is 123 Å². The van der Waals surface area contributed by atoms with Crippen LogP contribution in [0.25, 0.3) is 0 Å². The van der Waals surface area contributed by atoms with Crippen molar-refractivity contribution < 1.29 is 19.8 Å². The summed E-state index contributed by atoms with van der Waals surface area (Å²) in [6.45, 7) is 2.29. The molecule has 0 aromatic heterocycles. The number of rotatable bonds is 4. The van der Waals surface area contributed by atoms with Crippen LogP contribution in [0.4, 0.5) is 0 Å². The molecule has 2 rings (SSSR count). The van der Waals surface area contributed by atoms with Crippen LogP contribution < -0.4 is 0 Å². The summed E-state index contributed by atoms with van der Waals surface area (Å²) < 4.78 is 0. The molecule has 5 nitrogen and oxygen atoms in total. The van der Waals surface area contributed by atoms with E-state index in [1.807, 2.05) is 12.1 Å². The lowest BCUT2D eigenvalue weighted by molar-refractivity contribution is -0.143. The van der Waals surface area contributed by atoms with Gasteiger partial charge in [0.05, 0.1) is 11.5 Å². The monoisotopic (exact) mass is 299 g/mol. The summed E-state index contributed by atoms with van der Waals surface area (Å²) in [6, 6.07) is 6.82. The normalized spacial score (nSPS) is 16.4. The molecule has 2 N–H and O–H groups in total. The van der Waals surface area contributed by atoms with Crippen molar-refractivity contribution in [1.29, 1.82) is 0 Å². The zero-order chi connectivity index (χ0) is 13.8. The van der Waals surface area contributed by atoms with Crippen LogP contribution in [-0.4, -0.2) is 40.1 Å². The summed E-state index contributed by atoms with van der Waals surface area (Å²) in [4.78, 5) is 23.8. The fourth-order valence-corrected chi connectivity index (χ4v) is 2.35. The SMILES string of the molecule is Cl.O=C(O)c1ccc(CN2CCC(C(=O)O)CC2)cc1. The van der Waals surface area contributed by atoms with E-state index in [9.17, 15) is 9.59 Å². The van der Waals surface area contributed by atoms with Crippen molar-refractivity contribution in [3.63, 3.8) is 0 Å². The van der Waals surface area contributed by atoms with E-state index in [4.69, 9.17) is 10.2 Å². The molecule has 6 heteroatoms. The van der Waals surface area contributed by atoms with E-state index >= 15 is 0 Å². The Morgan fingerprint density at radius 3 is 2.10 bits per heavy atom. The molecule has 20 heavy (non-hydrogen) atoms. The zero-order valence-corrected chi connectivity index (χ0v) is 11.8. The predicted molar refractivity (Wildman–Crippen MR) is 76.3 cm³/mol. The minimum absolute atomic E-state index is 0. The molecule has 1 saturated heterocycles. The van der Waals surface area contributed by atoms with Crippen molar-refractivity contribution in [3.05, 3.63) is 35.4 Å². The standard InChI is InChI=1S/C14H17NO4.ClH/c16-13(17)11-3-1-10(2-4-11)9-15-7-5-12(6-8-15)14(18)19;/h1-4,12H,5-9H2,(H,16,17)(H,18,19);1H. The van der Waals surface area contributed by atoms with Crippen molar-refractivity contribution >= 4 is 24.3 Å². The van der Waals surface area contributed by atoms with Gasteiger partial charge in [0.2, 0.25) is 0 Å². The van der Waals surface area contributed by atoms with Gasteiger partial charge in [-0.1, -0.05) is 12.1 Å². The zero-order valence-electron chi connectivity index (χ0n) is 11.0. The van der Waals surface area contributed by atoms with Gasteiger partial charge in [0.25, 0.3) is 0 Å². The fourth-order valence-electron chi connectivity index (χ4n) is 2.35. The second-order valence-electron chi connectivity index (χ2n) is 4.89. The first kappa shape index (κ1) is 16.5. The third kappa shape index (κ3) is 4.21. The number of nitrogens with zero attached hydrogens (tertiary/aromatic N) is 1. The Morgan fingerprint density at radius 2 is 1.65 bits per heavy atom. The molecule has 110 valence electrons. The number of benzene rings is 1. The number of aromatic carboxylic acids is 1. The van der Waals surface area contributed by atoms with E-state index in [0.29, 0.717) is 12.8 Å². The van der Waals surface area contributed by atoms with E-state index in [0.717, 1.165) is 25.2 Å². The van der Waals surface area contributed by atoms with Crippen molar-refractivity contribution in [2.24, 2.45) is 5.92 Å². The third-order valence-corrected chi connectivity index (χ3v) is 3.54. The van der Waals surface area contributed by atoms with Crippen molar-refractivity contribution in [2.45, 2.75) is 19.4 Å². The molecular weight excluding hydrogens is 282 g/mol. The van der Waals surface area contributed by atoms with Gasteiger partial charge in [-0.25, -0.2) is 4.79 Å². The molecule has 0 aliphatic carbocycles. The Hall–Kier alpha value is -1.59. The summed E-state index contributed by atoms with van der Waals surface area (Å²) in [7, 11) is 0. The summed E-state index contributed by atoms with van der Waals surface area (Å²) in [6.07, 6.45) is 1.37. The predicted octanol–water partition coefficient (Wildman–Crippen LogP) is 2.10. The van der Waals surface area contributed by atoms with Gasteiger partial charge in [-0.15, -0.1) is 12.4 Å². The van der Waals surface area contributed by atoms with Gasteiger partial charge >= 0.3 is 11.9 Å². The molecule has 1 aromatic carbocycles. The lowest BCUT2D eigenvalue weighted by atomic mass is 9.97. The molecule has 1 aliphatic heterocycles. The highest BCUT2D eigenvalue weighted by Gasteiger charge is 2.24. The quantitative estimate of drug-likeness (QED) is 0.890. The average Bonchev–Trinajstić information content (AvgIpc) is 2.40. The average molecular weight is 300 g/mol. The number of aliphatic carboxylic acids is 1. The second kappa shape index (κ2) is 7.26. The molecule has 1 aromatic rings. The Morgan fingerprint density at radius 1 is 1.10 bits per heavy atom. The number of carboxylic acids is 2. The molecule has 0 unspecified atom stereocenters. The summed E-state index contributed by atoms with van der Waals surface area (Å²) >= 11 is 0. The van der Waals surface area contributed by atoms with E-state index in [2.05, 4.69) is 4.90 Å². The van der Waals surface area contributed by atoms with Crippen LogP contribution in [0, 0.1) is 5.92 Å². The highest BCUT2D eigenvalue weighted by molar-refractivity contribution is 5.87. The number of halogens is 1. The maximum absolute atomic E-state index is 10.8. The third-order valence-electron chi connectivity index (χ3n) is 3.54. The number of likely N-dealkylation sites (tertiary alicyclic amines) is 1. The molecule has 1 heterocycles. The van der Waals surface area contributed by atoms with Gasteiger partial charge in [-0.2, -0.15) is 0 Å². The van der Waals surface area contributed by atoms with Crippen molar-refractivity contribution in [3.8, 4) is 0 Å². The van der Waals surface area contributed by atoms with Gasteiger partial charge in [0.1, 0.15) is 0 Å². The maximum Gasteiger partial charge on any atom is 0.335 e. The number of carboxylic acid groups (broad SMARTS) is 2. The van der Waals surface area contributed by atoms with E-state index in [1.165, 1.54) is 0 Å². The Balaban J connectivity index is 0.00000200. The Bertz CT molecular complexity index is 467. The number of hydrogen-bond donors (Lipinski definition) is 2. The topological polar surface area (TPSA) is 77.8 Å². The summed E-state index contributed by atoms with van der Waals surface area (Å²) in [5.41, 5.74) is 1.34.